The number of likely N-dealkylation sites (tertiary alicyclic amines) is 1. The molecule has 2 aliphatic heterocycles. The second kappa shape index (κ2) is 10.7. The monoisotopic (exact) mass is 541 g/mol. The highest BCUT2D eigenvalue weighted by atomic mass is 19.4. The molecule has 2 aromatic carbocycles. The van der Waals surface area contributed by atoms with E-state index < -0.39 is 29.7 Å². The number of nitriles is 1. The third kappa shape index (κ3) is 5.62. The van der Waals surface area contributed by atoms with E-state index in [-0.39, 0.29) is 35.8 Å². The van der Waals surface area contributed by atoms with Crippen LogP contribution in [0.5, 0.6) is 0 Å². The van der Waals surface area contributed by atoms with Gasteiger partial charge in [-0.25, -0.2) is 9.18 Å². The van der Waals surface area contributed by atoms with Crippen LogP contribution in [0.15, 0.2) is 60.3 Å². The lowest BCUT2D eigenvalue weighted by Gasteiger charge is -2.47. The summed E-state index contributed by atoms with van der Waals surface area (Å²) >= 11 is 0. The molecule has 0 saturated carbocycles. The summed E-state index contributed by atoms with van der Waals surface area (Å²) in [5.74, 6) is -0.979. The Hall–Kier alpha value is -3.88. The Balaban J connectivity index is 1.47. The van der Waals surface area contributed by atoms with Crippen LogP contribution in [0.1, 0.15) is 47.6 Å². The lowest BCUT2D eigenvalue weighted by Crippen LogP contribution is -2.63. The molecule has 2 saturated heterocycles. The fourth-order valence-corrected chi connectivity index (χ4v) is 5.69. The lowest BCUT2D eigenvalue weighted by atomic mass is 9.78. The van der Waals surface area contributed by atoms with E-state index in [1.54, 1.807) is 24.3 Å². The van der Waals surface area contributed by atoms with Gasteiger partial charge >= 0.3 is 12.3 Å². The number of carboxylic acid groups (broad SMARTS) is 1. The molecule has 0 spiro atoms. The third-order valence-corrected chi connectivity index (χ3v) is 7.62. The molecule has 11 heteroatoms. The summed E-state index contributed by atoms with van der Waals surface area (Å²) in [4.78, 5) is 13.1. The van der Waals surface area contributed by atoms with Crippen molar-refractivity contribution in [2.75, 3.05) is 13.1 Å². The van der Waals surface area contributed by atoms with Gasteiger partial charge in [0.1, 0.15) is 18.2 Å². The number of nitrogens with one attached hydrogen (secondary N) is 3. The van der Waals surface area contributed by atoms with E-state index >= 15 is 0 Å². The molecule has 1 amide bonds. The molecule has 4 N–H and O–H groups in total. The van der Waals surface area contributed by atoms with Gasteiger partial charge in [0.2, 0.25) is 0 Å². The summed E-state index contributed by atoms with van der Waals surface area (Å²) in [7, 11) is 0. The third-order valence-electron chi connectivity index (χ3n) is 7.62. The van der Waals surface area contributed by atoms with E-state index in [2.05, 4.69) is 20.9 Å². The van der Waals surface area contributed by atoms with Gasteiger partial charge in [0.25, 0.3) is 0 Å². The average molecular weight is 542 g/mol. The summed E-state index contributed by atoms with van der Waals surface area (Å²) in [6.07, 6.45) is -0.933. The van der Waals surface area contributed by atoms with Crippen molar-refractivity contribution in [1.82, 2.24) is 20.9 Å². The summed E-state index contributed by atoms with van der Waals surface area (Å²) in [5.41, 5.74) is 1.24. The molecular formula is C28H27F4N5O2. The van der Waals surface area contributed by atoms with Crippen LogP contribution in [0.3, 0.4) is 0 Å². The van der Waals surface area contributed by atoms with E-state index in [4.69, 9.17) is 5.11 Å². The number of carbonyl (C=O) groups is 1. The fourth-order valence-electron chi connectivity index (χ4n) is 5.69. The van der Waals surface area contributed by atoms with Crippen LogP contribution in [0.4, 0.5) is 22.4 Å². The molecule has 0 radical (unpaired) electrons. The predicted octanol–water partition coefficient (Wildman–Crippen LogP) is 4.95. The first-order valence-electron chi connectivity index (χ1n) is 12.7. The van der Waals surface area contributed by atoms with E-state index in [0.717, 1.165) is 11.8 Å². The Bertz CT molecular complexity index is 1360. The largest absolute Gasteiger partial charge is 0.465 e. The topological polar surface area (TPSA) is 100 Å². The van der Waals surface area contributed by atoms with Crippen LogP contribution < -0.4 is 16.0 Å². The molecule has 39 heavy (non-hydrogen) atoms. The molecule has 1 aliphatic carbocycles. The summed E-state index contributed by atoms with van der Waals surface area (Å²) in [5, 5.41) is 27.7. The number of hydrogen-bond acceptors (Lipinski definition) is 5. The maximum atomic E-state index is 14.7. The van der Waals surface area contributed by atoms with Gasteiger partial charge in [-0.2, -0.15) is 18.4 Å². The second-order valence-electron chi connectivity index (χ2n) is 9.97. The van der Waals surface area contributed by atoms with Gasteiger partial charge < -0.3 is 15.7 Å². The van der Waals surface area contributed by atoms with Gasteiger partial charge in [0, 0.05) is 36.8 Å². The maximum absolute atomic E-state index is 14.7. The highest BCUT2D eigenvalue weighted by molar-refractivity contribution is 5.72. The minimum absolute atomic E-state index is 0.0867. The van der Waals surface area contributed by atoms with Crippen molar-refractivity contribution in [1.29, 1.82) is 5.26 Å². The number of piperidine rings is 1. The van der Waals surface area contributed by atoms with Crippen LogP contribution in [0, 0.1) is 23.1 Å². The molecule has 5 rings (SSSR count). The lowest BCUT2D eigenvalue weighted by molar-refractivity contribution is -0.137. The van der Waals surface area contributed by atoms with Gasteiger partial charge in [-0.15, -0.1) is 0 Å². The summed E-state index contributed by atoms with van der Waals surface area (Å²) < 4.78 is 56.0. The number of hydrogen-bond donors (Lipinski definition) is 4. The molecule has 3 atom stereocenters. The Labute approximate surface area is 222 Å². The maximum Gasteiger partial charge on any atom is 0.416 e. The number of halogens is 4. The molecule has 204 valence electrons. The molecule has 2 fully saturated rings. The number of rotatable bonds is 4. The molecule has 7 nitrogen and oxygen atoms in total. The Morgan fingerprint density at radius 1 is 1.13 bits per heavy atom. The van der Waals surface area contributed by atoms with Gasteiger partial charge in [-0.05, 0) is 60.2 Å². The normalized spacial score (nSPS) is 24.0. The van der Waals surface area contributed by atoms with Crippen molar-refractivity contribution in [3.05, 3.63) is 88.4 Å². The number of alkyl halides is 3. The van der Waals surface area contributed by atoms with Gasteiger partial charge in [0.05, 0.1) is 11.1 Å². The molecule has 0 aromatic heterocycles. The number of benzene rings is 2. The first-order valence-corrected chi connectivity index (χ1v) is 12.7. The molecular weight excluding hydrogens is 514 g/mol. The number of fused-ring (bicyclic) bond motifs is 1. The molecule has 0 bridgehead atoms. The minimum Gasteiger partial charge on any atom is -0.465 e. The highest BCUT2D eigenvalue weighted by Gasteiger charge is 2.40. The molecule has 3 aliphatic rings. The van der Waals surface area contributed by atoms with E-state index in [0.29, 0.717) is 37.1 Å². The van der Waals surface area contributed by atoms with Crippen molar-refractivity contribution >= 4 is 11.7 Å². The first-order chi connectivity index (χ1) is 18.6. The van der Waals surface area contributed by atoms with Crippen LogP contribution in [-0.4, -0.2) is 41.5 Å². The predicted molar refractivity (Wildman–Crippen MR) is 135 cm³/mol. The molecule has 2 aromatic rings. The molecule has 2 heterocycles. The highest BCUT2D eigenvalue weighted by Crippen LogP contribution is 2.44. The summed E-state index contributed by atoms with van der Waals surface area (Å²) in [6, 6.07) is 11.1. The molecule has 3 unspecified atom stereocenters. The van der Waals surface area contributed by atoms with Crippen molar-refractivity contribution in [2.24, 2.45) is 5.92 Å². The van der Waals surface area contributed by atoms with Crippen molar-refractivity contribution in [3.63, 3.8) is 0 Å². The second-order valence-corrected chi connectivity index (χ2v) is 9.97. The van der Waals surface area contributed by atoms with Crippen molar-refractivity contribution in [3.8, 4) is 6.07 Å². The standard InChI is InChI=1S/C28H27F4N5O2/c29-23-14-17(5-6-18(23)15-33)25-21-13-16(20-3-1-2-4-22(20)28(30,31)32)7-8-24(21)35-26(36-25)37-11-9-19(10-12-37)34-27(38)39/h1-8,14,19,21,25-26,34-36H,9-13H2,(H,38,39). The van der Waals surface area contributed by atoms with Crippen molar-refractivity contribution < 1.29 is 27.5 Å². The zero-order valence-corrected chi connectivity index (χ0v) is 20.8. The van der Waals surface area contributed by atoms with Crippen molar-refractivity contribution in [2.45, 2.75) is 43.8 Å². The van der Waals surface area contributed by atoms with E-state index in [1.165, 1.54) is 24.3 Å². The van der Waals surface area contributed by atoms with Gasteiger partial charge in [-0.1, -0.05) is 30.3 Å². The van der Waals surface area contributed by atoms with Crippen LogP contribution >= 0.6 is 0 Å². The number of amides is 1. The minimum atomic E-state index is -4.51. The smallest absolute Gasteiger partial charge is 0.416 e. The van der Waals surface area contributed by atoms with Crippen LogP contribution in [-0.2, 0) is 6.18 Å². The number of nitrogens with zero attached hydrogens (tertiary/aromatic N) is 2. The van der Waals surface area contributed by atoms with Crippen LogP contribution in [0.2, 0.25) is 0 Å². The first kappa shape index (κ1) is 26.7. The Morgan fingerprint density at radius 2 is 1.87 bits per heavy atom. The van der Waals surface area contributed by atoms with Gasteiger partial charge in [0.15, 0.2) is 0 Å². The zero-order chi connectivity index (χ0) is 27.7. The van der Waals surface area contributed by atoms with E-state index in [1.807, 2.05) is 6.07 Å². The fraction of sp³-hybridized carbons (Fsp3) is 0.357. The van der Waals surface area contributed by atoms with E-state index in [9.17, 15) is 27.6 Å². The Morgan fingerprint density at radius 3 is 2.54 bits per heavy atom. The van der Waals surface area contributed by atoms with Gasteiger partial charge in [-0.3, -0.25) is 10.2 Å². The Kier molecular flexibility index (Phi) is 7.34. The SMILES string of the molecule is N#Cc1ccc(C2NC(N3CCC(NC(=O)O)CC3)NC3=CC=C(c4ccccc4C(F)(F)F)CC32)cc1F. The van der Waals surface area contributed by atoms with Crippen LogP contribution in [0.25, 0.3) is 5.57 Å². The number of allylic oxidation sites excluding steroid dienone is 3. The zero-order valence-electron chi connectivity index (χ0n) is 20.8. The average Bonchev–Trinajstić information content (AvgIpc) is 2.92. The summed E-state index contributed by atoms with van der Waals surface area (Å²) in [6.45, 7) is 1.20. The quantitative estimate of drug-likeness (QED) is 0.409.